The third-order valence-electron chi connectivity index (χ3n) is 4.85. The Morgan fingerprint density at radius 3 is 2.53 bits per heavy atom. The molecule has 0 fully saturated rings. The summed E-state index contributed by atoms with van der Waals surface area (Å²) < 4.78 is 5.18. The van der Waals surface area contributed by atoms with Gasteiger partial charge in [-0.3, -0.25) is 14.4 Å². The van der Waals surface area contributed by atoms with Crippen LogP contribution in [-0.4, -0.2) is 51.5 Å². The van der Waals surface area contributed by atoms with Crippen LogP contribution in [0, 0.1) is 5.92 Å². The van der Waals surface area contributed by atoms with Gasteiger partial charge in [0.05, 0.1) is 12.2 Å². The first kappa shape index (κ1) is 25.6. The fraction of sp³-hybridized carbons (Fsp3) is 0.429. The summed E-state index contributed by atoms with van der Waals surface area (Å²) >= 11 is 11.8. The molecule has 2 amide bonds. The number of nitrogens with zero attached hydrogens (tertiary/aromatic N) is 2. The molecule has 0 bridgehead atoms. The molecule has 0 aliphatic rings. The lowest BCUT2D eigenvalue weighted by Crippen LogP contribution is -2.53. The number of hydrogen-bond acceptors (Lipinski definition) is 6. The molecule has 11 heteroatoms. The first-order chi connectivity index (χ1) is 15.1. The van der Waals surface area contributed by atoms with Crippen molar-refractivity contribution < 1.29 is 24.0 Å². The maximum absolute atomic E-state index is 12.8. The Labute approximate surface area is 195 Å². The topological polar surface area (TPSA) is 139 Å². The van der Waals surface area contributed by atoms with Crippen molar-refractivity contribution in [3.63, 3.8) is 0 Å². The van der Waals surface area contributed by atoms with Crippen molar-refractivity contribution in [2.45, 2.75) is 43.6 Å². The average Bonchev–Trinajstić information content (AvgIpc) is 3.29. The van der Waals surface area contributed by atoms with Gasteiger partial charge in [-0.25, -0.2) is 0 Å². The Balaban J connectivity index is 2.26. The van der Waals surface area contributed by atoms with Crippen molar-refractivity contribution in [1.82, 2.24) is 10.5 Å². The van der Waals surface area contributed by atoms with Gasteiger partial charge in [-0.15, -0.1) is 0 Å². The van der Waals surface area contributed by atoms with Gasteiger partial charge in [0, 0.05) is 36.3 Å². The van der Waals surface area contributed by atoms with Gasteiger partial charge < -0.3 is 25.6 Å². The number of nitrogens with two attached hydrogens (primary N) is 1. The normalized spacial score (nSPS) is 13.1. The molecule has 1 heterocycles. The van der Waals surface area contributed by atoms with E-state index in [9.17, 15) is 14.4 Å². The van der Waals surface area contributed by atoms with Crippen molar-refractivity contribution in [3.8, 4) is 11.3 Å². The summed E-state index contributed by atoms with van der Waals surface area (Å²) in [6.45, 7) is 3.82. The molecular weight excluding hydrogens is 459 g/mol. The Kier molecular flexibility index (Phi) is 9.49. The highest BCUT2D eigenvalue weighted by atomic mass is 35.5. The summed E-state index contributed by atoms with van der Waals surface area (Å²) in [7, 11) is 0. The second-order valence-electron chi connectivity index (χ2n) is 7.57. The van der Waals surface area contributed by atoms with Gasteiger partial charge in [0.2, 0.25) is 5.91 Å². The second-order valence-corrected chi connectivity index (χ2v) is 8.67. The van der Waals surface area contributed by atoms with Crippen LogP contribution in [0.4, 0.5) is 5.69 Å². The van der Waals surface area contributed by atoms with E-state index in [1.807, 2.05) is 13.8 Å². The average molecular weight is 485 g/mol. The molecule has 2 unspecified atom stereocenters. The molecule has 9 nitrogen and oxygen atoms in total. The Hall–Kier alpha value is -2.62. The van der Waals surface area contributed by atoms with Gasteiger partial charge in [0.25, 0.3) is 5.91 Å². The van der Waals surface area contributed by atoms with Crippen LogP contribution in [0.15, 0.2) is 41.1 Å². The number of halogens is 2. The standard InChI is InChI=1S/C21H26Cl2N4O5/c1-12(2)16(26-20(30)15(24)6-7-18(28)29)11-27(21(31)19(22)23)14-5-3-4-13(10-14)17-8-9-25-32-17/h3-5,8-10,12,15-16,19H,6-7,11,24H2,1-2H3,(H,26,30)(H,28,29). The number of aromatic nitrogens is 1. The molecule has 1 aromatic heterocycles. The molecule has 1 aromatic carbocycles. The van der Waals surface area contributed by atoms with E-state index in [1.165, 1.54) is 11.1 Å². The van der Waals surface area contributed by atoms with Gasteiger partial charge in [-0.1, -0.05) is 54.3 Å². The summed E-state index contributed by atoms with van der Waals surface area (Å²) in [5.41, 5.74) is 7.02. The summed E-state index contributed by atoms with van der Waals surface area (Å²) in [6, 6.07) is 7.19. The number of benzene rings is 1. The molecule has 0 aliphatic heterocycles. The van der Waals surface area contributed by atoms with Crippen molar-refractivity contribution >= 4 is 46.7 Å². The van der Waals surface area contributed by atoms with Crippen molar-refractivity contribution in [3.05, 3.63) is 36.5 Å². The SMILES string of the molecule is CC(C)C(CN(C(=O)C(Cl)Cl)c1cccc(-c2ccno2)c1)NC(=O)C(N)CCC(=O)O. The first-order valence-electron chi connectivity index (χ1n) is 9.98. The van der Waals surface area contributed by atoms with E-state index < -0.39 is 34.7 Å². The molecule has 0 aliphatic carbocycles. The van der Waals surface area contributed by atoms with Gasteiger partial charge in [0.1, 0.15) is 0 Å². The molecular formula is C21H26Cl2N4O5. The number of hydrogen-bond donors (Lipinski definition) is 3. The predicted octanol–water partition coefficient (Wildman–Crippen LogP) is 2.81. The van der Waals surface area contributed by atoms with Crippen LogP contribution in [0.2, 0.25) is 0 Å². The zero-order chi connectivity index (χ0) is 23.8. The lowest BCUT2D eigenvalue weighted by Gasteiger charge is -2.31. The molecule has 0 spiro atoms. The van der Waals surface area contributed by atoms with Crippen molar-refractivity contribution in [1.29, 1.82) is 0 Å². The Morgan fingerprint density at radius 2 is 1.97 bits per heavy atom. The molecule has 4 N–H and O–H groups in total. The van der Waals surface area contributed by atoms with Crippen molar-refractivity contribution in [2.75, 3.05) is 11.4 Å². The van der Waals surface area contributed by atoms with E-state index >= 15 is 0 Å². The number of carbonyl (C=O) groups is 3. The molecule has 2 aromatic rings. The summed E-state index contributed by atoms with van der Waals surface area (Å²) in [4.78, 5) is 36.1. The summed E-state index contributed by atoms with van der Waals surface area (Å²) in [5, 5.41) is 15.3. The number of rotatable bonds is 11. The minimum atomic E-state index is -1.31. The fourth-order valence-corrected chi connectivity index (χ4v) is 3.19. The maximum Gasteiger partial charge on any atom is 0.303 e. The van der Waals surface area contributed by atoms with Gasteiger partial charge in [0.15, 0.2) is 10.6 Å². The summed E-state index contributed by atoms with van der Waals surface area (Å²) in [6.07, 6.45) is 1.29. The van der Waals surface area contributed by atoms with E-state index in [0.717, 1.165) is 0 Å². The highest BCUT2D eigenvalue weighted by Crippen LogP contribution is 2.26. The lowest BCUT2D eigenvalue weighted by atomic mass is 10.0. The fourth-order valence-electron chi connectivity index (χ4n) is 2.95. The highest BCUT2D eigenvalue weighted by molar-refractivity contribution is 6.54. The van der Waals surface area contributed by atoms with Crippen LogP contribution in [0.3, 0.4) is 0 Å². The number of amides is 2. The summed E-state index contributed by atoms with van der Waals surface area (Å²) in [5.74, 6) is -1.65. The molecule has 0 saturated heterocycles. The third kappa shape index (κ3) is 7.22. The van der Waals surface area contributed by atoms with E-state index in [0.29, 0.717) is 17.0 Å². The molecule has 2 rings (SSSR count). The van der Waals surface area contributed by atoms with Gasteiger partial charge in [-0.05, 0) is 24.5 Å². The minimum absolute atomic E-state index is 0.000706. The highest BCUT2D eigenvalue weighted by Gasteiger charge is 2.29. The van der Waals surface area contributed by atoms with Crippen LogP contribution >= 0.6 is 23.2 Å². The van der Waals surface area contributed by atoms with Crippen molar-refractivity contribution in [2.24, 2.45) is 11.7 Å². The molecule has 0 saturated carbocycles. The van der Waals surface area contributed by atoms with E-state index in [-0.39, 0.29) is 25.3 Å². The third-order valence-corrected chi connectivity index (χ3v) is 5.22. The van der Waals surface area contributed by atoms with E-state index in [2.05, 4.69) is 10.5 Å². The Bertz CT molecular complexity index is 921. The van der Waals surface area contributed by atoms with Crippen LogP contribution in [-0.2, 0) is 14.4 Å². The number of anilines is 1. The second kappa shape index (κ2) is 11.8. The number of nitrogens with one attached hydrogen (secondary N) is 1. The number of alkyl halides is 2. The smallest absolute Gasteiger partial charge is 0.303 e. The number of carbonyl (C=O) groups excluding carboxylic acids is 2. The lowest BCUT2D eigenvalue weighted by molar-refractivity contribution is -0.137. The zero-order valence-corrected chi connectivity index (χ0v) is 19.2. The minimum Gasteiger partial charge on any atom is -0.481 e. The molecule has 174 valence electrons. The molecule has 32 heavy (non-hydrogen) atoms. The molecule has 0 radical (unpaired) electrons. The monoisotopic (exact) mass is 484 g/mol. The number of carboxylic acids is 1. The van der Waals surface area contributed by atoms with E-state index in [4.69, 9.17) is 38.6 Å². The predicted molar refractivity (Wildman–Crippen MR) is 121 cm³/mol. The number of carboxylic acid groups (broad SMARTS) is 1. The van der Waals surface area contributed by atoms with Crippen LogP contribution < -0.4 is 16.0 Å². The number of aliphatic carboxylic acids is 1. The maximum atomic E-state index is 12.8. The van der Waals surface area contributed by atoms with Gasteiger partial charge >= 0.3 is 5.97 Å². The quantitative estimate of drug-likeness (QED) is 0.416. The molecule has 2 atom stereocenters. The van der Waals surface area contributed by atoms with Gasteiger partial charge in [-0.2, -0.15) is 0 Å². The first-order valence-corrected chi connectivity index (χ1v) is 10.9. The zero-order valence-electron chi connectivity index (χ0n) is 17.7. The Morgan fingerprint density at radius 1 is 1.25 bits per heavy atom. The van der Waals surface area contributed by atoms with Crippen LogP contribution in [0.5, 0.6) is 0 Å². The largest absolute Gasteiger partial charge is 0.481 e. The van der Waals surface area contributed by atoms with Crippen LogP contribution in [0.25, 0.3) is 11.3 Å². The van der Waals surface area contributed by atoms with Crippen LogP contribution in [0.1, 0.15) is 26.7 Å². The van der Waals surface area contributed by atoms with E-state index in [1.54, 1.807) is 30.3 Å².